The van der Waals surface area contributed by atoms with E-state index in [1.54, 1.807) is 0 Å². The summed E-state index contributed by atoms with van der Waals surface area (Å²) < 4.78 is 35.8. The Morgan fingerprint density at radius 3 is 2.52 bits per heavy atom. The third kappa shape index (κ3) is 3.39. The fraction of sp³-hybridized carbons (Fsp3) is 0.583. The number of furan rings is 1. The smallest absolute Gasteiger partial charge is 0.322 e. The highest BCUT2D eigenvalue weighted by Crippen LogP contribution is 2.28. The number of likely N-dealkylation sites (N-methyl/N-ethyl adjacent to an activating group) is 1. The third-order valence-electron chi connectivity index (χ3n) is 3.54. The molecule has 1 saturated heterocycles. The zero-order chi connectivity index (χ0) is 15.6. The number of nitrogens with zero attached hydrogens (tertiary/aromatic N) is 1. The maximum atomic E-state index is 12.4. The number of rotatable bonds is 5. The molecule has 1 fully saturated rings. The van der Waals surface area contributed by atoms with Gasteiger partial charge in [0.15, 0.2) is 5.22 Å². The van der Waals surface area contributed by atoms with Gasteiger partial charge in [-0.05, 0) is 42.5 Å². The van der Waals surface area contributed by atoms with Crippen molar-refractivity contribution < 1.29 is 27.5 Å². The average molecular weight is 338 g/mol. The summed E-state index contributed by atoms with van der Waals surface area (Å²) in [6, 6.07) is 1.34. The quantitative estimate of drug-likeness (QED) is 0.873. The van der Waals surface area contributed by atoms with E-state index in [1.165, 1.54) is 19.2 Å². The normalized spacial score (nSPS) is 18.8. The second-order valence-electron chi connectivity index (χ2n) is 4.81. The van der Waals surface area contributed by atoms with E-state index in [4.69, 9.17) is 20.8 Å². The Balaban J connectivity index is 2.29. The average Bonchev–Trinajstić information content (AvgIpc) is 2.87. The van der Waals surface area contributed by atoms with Crippen LogP contribution in [0.4, 0.5) is 0 Å². The third-order valence-corrected chi connectivity index (χ3v) is 5.46. The minimum Gasteiger partial charge on any atom is -0.480 e. The van der Waals surface area contributed by atoms with Gasteiger partial charge in [-0.15, -0.1) is 0 Å². The van der Waals surface area contributed by atoms with Gasteiger partial charge in [0.25, 0.3) is 10.0 Å². The van der Waals surface area contributed by atoms with Crippen LogP contribution in [0, 0.1) is 5.92 Å². The van der Waals surface area contributed by atoms with Gasteiger partial charge in [0.05, 0.1) is 0 Å². The summed E-state index contributed by atoms with van der Waals surface area (Å²) >= 11 is 5.58. The van der Waals surface area contributed by atoms with Crippen LogP contribution < -0.4 is 0 Å². The first-order chi connectivity index (χ1) is 9.84. The Kier molecular flexibility index (Phi) is 4.92. The standard InChI is InChI=1S/C12H16ClNO6S/c1-14(21(17,18)10-3-2-9(13)20-10)11(12(15)16)8-4-6-19-7-5-8/h2-3,8,11H,4-7H2,1H3,(H,15,16). The van der Waals surface area contributed by atoms with E-state index in [0.717, 1.165) is 4.31 Å². The van der Waals surface area contributed by atoms with Crippen molar-refractivity contribution in [1.29, 1.82) is 0 Å². The minimum atomic E-state index is -4.05. The molecule has 2 heterocycles. The summed E-state index contributed by atoms with van der Waals surface area (Å²) in [4.78, 5) is 11.5. The summed E-state index contributed by atoms with van der Waals surface area (Å²) in [5, 5.41) is 8.97. The molecule has 1 aliphatic rings. The highest BCUT2D eigenvalue weighted by molar-refractivity contribution is 7.89. The van der Waals surface area contributed by atoms with E-state index in [-0.39, 0.29) is 16.2 Å². The van der Waals surface area contributed by atoms with E-state index in [9.17, 15) is 18.3 Å². The van der Waals surface area contributed by atoms with Crippen LogP contribution >= 0.6 is 11.6 Å². The molecule has 0 radical (unpaired) electrons. The SMILES string of the molecule is CN(C(C(=O)O)C1CCOCC1)S(=O)(=O)c1ccc(Cl)o1. The van der Waals surface area contributed by atoms with Gasteiger partial charge in [-0.2, -0.15) is 4.31 Å². The molecule has 1 atom stereocenters. The Labute approximate surface area is 127 Å². The number of aliphatic carboxylic acids is 1. The van der Waals surface area contributed by atoms with E-state index >= 15 is 0 Å². The van der Waals surface area contributed by atoms with Crippen molar-refractivity contribution in [2.24, 2.45) is 5.92 Å². The number of hydrogen-bond donors (Lipinski definition) is 1. The molecular formula is C12H16ClNO6S. The highest BCUT2D eigenvalue weighted by Gasteiger charge is 2.40. The lowest BCUT2D eigenvalue weighted by Crippen LogP contribution is -2.48. The Bertz CT molecular complexity index is 607. The van der Waals surface area contributed by atoms with Crippen molar-refractivity contribution in [1.82, 2.24) is 4.31 Å². The lowest BCUT2D eigenvalue weighted by Gasteiger charge is -2.32. The van der Waals surface area contributed by atoms with Gasteiger partial charge in [-0.3, -0.25) is 4.79 Å². The monoisotopic (exact) mass is 337 g/mol. The molecule has 0 bridgehead atoms. The van der Waals surface area contributed by atoms with Crippen molar-refractivity contribution in [3.63, 3.8) is 0 Å². The summed E-state index contributed by atoms with van der Waals surface area (Å²) in [6.45, 7) is 0.851. The molecule has 118 valence electrons. The molecule has 7 nitrogen and oxygen atoms in total. The number of carboxylic acid groups (broad SMARTS) is 1. The van der Waals surface area contributed by atoms with Crippen LogP contribution in [0.5, 0.6) is 0 Å². The maximum absolute atomic E-state index is 12.4. The second kappa shape index (κ2) is 6.35. The fourth-order valence-electron chi connectivity index (χ4n) is 2.41. The van der Waals surface area contributed by atoms with Gasteiger partial charge in [0.2, 0.25) is 5.09 Å². The number of halogens is 1. The summed E-state index contributed by atoms with van der Waals surface area (Å²) in [6.07, 6.45) is 0.992. The molecule has 1 aliphatic heterocycles. The molecule has 9 heteroatoms. The first kappa shape index (κ1) is 16.3. The Morgan fingerprint density at radius 2 is 2.05 bits per heavy atom. The maximum Gasteiger partial charge on any atom is 0.322 e. The van der Waals surface area contributed by atoms with Gasteiger partial charge in [-0.25, -0.2) is 8.42 Å². The van der Waals surface area contributed by atoms with Gasteiger partial charge < -0.3 is 14.3 Å². The van der Waals surface area contributed by atoms with Gasteiger partial charge in [0, 0.05) is 20.3 Å². The van der Waals surface area contributed by atoms with E-state index in [2.05, 4.69) is 0 Å². The first-order valence-corrected chi connectivity index (χ1v) is 8.19. The van der Waals surface area contributed by atoms with Gasteiger partial charge in [-0.1, -0.05) is 0 Å². The van der Waals surface area contributed by atoms with Crippen LogP contribution in [-0.2, 0) is 19.6 Å². The van der Waals surface area contributed by atoms with E-state index < -0.39 is 22.0 Å². The largest absolute Gasteiger partial charge is 0.480 e. The summed E-state index contributed by atoms with van der Waals surface area (Å²) in [5.41, 5.74) is 0. The zero-order valence-electron chi connectivity index (χ0n) is 11.4. The molecule has 0 amide bonds. The van der Waals surface area contributed by atoms with Crippen LogP contribution in [0.1, 0.15) is 12.8 Å². The molecule has 1 aromatic rings. The molecule has 1 aromatic heterocycles. The lowest BCUT2D eigenvalue weighted by atomic mass is 9.92. The minimum absolute atomic E-state index is 0.0695. The van der Waals surface area contributed by atoms with Gasteiger partial charge >= 0.3 is 5.97 Å². The van der Waals surface area contributed by atoms with Crippen LogP contribution in [0.3, 0.4) is 0 Å². The Morgan fingerprint density at radius 1 is 1.43 bits per heavy atom. The molecular weight excluding hydrogens is 322 g/mol. The van der Waals surface area contributed by atoms with Crippen molar-refractivity contribution in [2.45, 2.75) is 24.0 Å². The topological polar surface area (TPSA) is 97.0 Å². The van der Waals surface area contributed by atoms with E-state index in [0.29, 0.717) is 26.1 Å². The molecule has 0 aliphatic carbocycles. The second-order valence-corrected chi connectivity index (χ2v) is 7.11. The van der Waals surface area contributed by atoms with Crippen molar-refractivity contribution in [3.05, 3.63) is 17.4 Å². The Hall–Kier alpha value is -1.09. The van der Waals surface area contributed by atoms with E-state index in [1.807, 2.05) is 0 Å². The zero-order valence-corrected chi connectivity index (χ0v) is 12.9. The molecule has 0 spiro atoms. The van der Waals surface area contributed by atoms with Crippen LogP contribution in [0.2, 0.25) is 5.22 Å². The predicted octanol–water partition coefficient (Wildman–Crippen LogP) is 1.43. The van der Waals surface area contributed by atoms with Crippen molar-refractivity contribution in [3.8, 4) is 0 Å². The number of sulfonamides is 1. The fourth-order valence-corrected chi connectivity index (χ4v) is 3.89. The van der Waals surface area contributed by atoms with Crippen LogP contribution in [0.15, 0.2) is 21.6 Å². The molecule has 0 saturated carbocycles. The van der Waals surface area contributed by atoms with Crippen molar-refractivity contribution in [2.75, 3.05) is 20.3 Å². The highest BCUT2D eigenvalue weighted by atomic mass is 35.5. The number of ether oxygens (including phenoxy) is 1. The van der Waals surface area contributed by atoms with Crippen LogP contribution in [-0.4, -0.2) is 50.1 Å². The first-order valence-electron chi connectivity index (χ1n) is 6.38. The molecule has 1 N–H and O–H groups in total. The summed E-state index contributed by atoms with van der Waals surface area (Å²) in [7, 11) is -2.82. The van der Waals surface area contributed by atoms with Crippen LogP contribution in [0.25, 0.3) is 0 Å². The van der Waals surface area contributed by atoms with Crippen molar-refractivity contribution >= 4 is 27.6 Å². The molecule has 1 unspecified atom stereocenters. The number of hydrogen-bond acceptors (Lipinski definition) is 5. The number of carboxylic acids is 1. The lowest BCUT2D eigenvalue weighted by molar-refractivity contribution is -0.144. The number of carbonyl (C=O) groups is 1. The molecule has 2 rings (SSSR count). The van der Waals surface area contributed by atoms with Gasteiger partial charge in [0.1, 0.15) is 6.04 Å². The molecule has 21 heavy (non-hydrogen) atoms. The summed E-state index contributed by atoms with van der Waals surface area (Å²) in [5.74, 6) is -1.49. The molecule has 0 aromatic carbocycles. The predicted molar refractivity (Wildman–Crippen MR) is 73.6 cm³/mol.